The Morgan fingerprint density at radius 1 is 1.15 bits per heavy atom. The van der Waals surface area contributed by atoms with E-state index in [1.54, 1.807) is 42.1 Å². The van der Waals surface area contributed by atoms with E-state index in [1.165, 1.54) is 11.3 Å². The van der Waals surface area contributed by atoms with Gasteiger partial charge in [-0.15, -0.1) is 11.3 Å². The summed E-state index contributed by atoms with van der Waals surface area (Å²) in [5, 5.41) is 6.15. The number of aryl methyl sites for hydroxylation is 1. The Kier molecular flexibility index (Phi) is 4.51. The number of fused-ring (bicyclic) bond motifs is 1. The first kappa shape index (κ1) is 17.5. The van der Waals surface area contributed by atoms with Crippen LogP contribution in [0, 0.1) is 0 Å². The van der Waals surface area contributed by atoms with Crippen LogP contribution >= 0.6 is 22.9 Å². The highest BCUT2D eigenvalue weighted by molar-refractivity contribution is 7.14. The molecule has 0 radical (unpaired) electrons. The first-order chi connectivity index (χ1) is 13.0. The summed E-state index contributed by atoms with van der Waals surface area (Å²) in [5.74, 6) is -0.474. The molecule has 0 aliphatic rings. The molecule has 4 rings (SSSR count). The van der Waals surface area contributed by atoms with E-state index in [1.807, 2.05) is 29.6 Å². The standard InChI is InChI=1S/C20H14ClN3O2S/c1-24-10-15(18(25)14-4-2-3-5-17(14)24)19(26)23-20-22-16(11-27-20)12-6-8-13(21)9-7-12/h2-11H,1H3,(H,22,23,26). The molecule has 1 N–H and O–H groups in total. The first-order valence-corrected chi connectivity index (χ1v) is 9.40. The van der Waals surface area contributed by atoms with Crippen LogP contribution in [0.5, 0.6) is 0 Å². The number of anilines is 1. The van der Waals surface area contributed by atoms with E-state index in [0.717, 1.165) is 16.8 Å². The monoisotopic (exact) mass is 395 g/mol. The quantitative estimate of drug-likeness (QED) is 0.552. The first-order valence-electron chi connectivity index (χ1n) is 8.14. The number of thiazole rings is 1. The molecule has 0 bridgehead atoms. The number of halogens is 1. The summed E-state index contributed by atoms with van der Waals surface area (Å²) in [5.41, 5.74) is 2.20. The fraction of sp³-hybridized carbons (Fsp3) is 0.0500. The van der Waals surface area contributed by atoms with Gasteiger partial charge in [0, 0.05) is 34.6 Å². The topological polar surface area (TPSA) is 64.0 Å². The van der Waals surface area contributed by atoms with Gasteiger partial charge >= 0.3 is 0 Å². The zero-order valence-corrected chi connectivity index (χ0v) is 15.8. The molecule has 1 amide bonds. The van der Waals surface area contributed by atoms with Crippen LogP contribution in [0.15, 0.2) is 64.9 Å². The van der Waals surface area contributed by atoms with Gasteiger partial charge in [-0.25, -0.2) is 4.98 Å². The van der Waals surface area contributed by atoms with Crippen molar-refractivity contribution in [1.29, 1.82) is 0 Å². The molecule has 2 heterocycles. The van der Waals surface area contributed by atoms with Crippen molar-refractivity contribution in [3.05, 3.63) is 80.9 Å². The maximum absolute atomic E-state index is 12.7. The Bertz CT molecular complexity index is 1210. The Morgan fingerprint density at radius 3 is 2.67 bits per heavy atom. The summed E-state index contributed by atoms with van der Waals surface area (Å²) in [4.78, 5) is 29.7. The van der Waals surface area contributed by atoms with E-state index in [0.29, 0.717) is 15.5 Å². The van der Waals surface area contributed by atoms with Gasteiger partial charge < -0.3 is 4.57 Å². The highest BCUT2D eigenvalue weighted by atomic mass is 35.5. The molecule has 0 aliphatic carbocycles. The Balaban J connectivity index is 1.63. The molecule has 0 fully saturated rings. The maximum Gasteiger partial charge on any atom is 0.262 e. The lowest BCUT2D eigenvalue weighted by Crippen LogP contribution is -2.23. The third kappa shape index (κ3) is 3.37. The molecule has 0 atom stereocenters. The van der Waals surface area contributed by atoms with Gasteiger partial charge in [0.25, 0.3) is 5.91 Å². The fourth-order valence-corrected chi connectivity index (χ4v) is 3.69. The molecule has 2 aromatic carbocycles. The third-order valence-corrected chi connectivity index (χ3v) is 5.21. The van der Waals surface area contributed by atoms with E-state index < -0.39 is 5.91 Å². The molecule has 0 spiro atoms. The largest absolute Gasteiger partial charge is 0.350 e. The van der Waals surface area contributed by atoms with Gasteiger partial charge in [-0.3, -0.25) is 14.9 Å². The molecule has 0 unspecified atom stereocenters. The average molecular weight is 396 g/mol. The van der Waals surface area contributed by atoms with Crippen molar-refractivity contribution in [2.45, 2.75) is 0 Å². The minimum atomic E-state index is -0.474. The van der Waals surface area contributed by atoms with E-state index in [9.17, 15) is 9.59 Å². The second kappa shape index (κ2) is 6.98. The summed E-state index contributed by atoms with van der Waals surface area (Å²) in [6.07, 6.45) is 1.55. The normalized spacial score (nSPS) is 10.9. The third-order valence-electron chi connectivity index (χ3n) is 4.21. The summed E-state index contributed by atoms with van der Waals surface area (Å²) in [6.45, 7) is 0. The number of aromatic nitrogens is 2. The summed E-state index contributed by atoms with van der Waals surface area (Å²) in [6, 6.07) is 14.5. The number of benzene rings is 2. The van der Waals surface area contributed by atoms with Gasteiger partial charge in [-0.1, -0.05) is 35.9 Å². The number of hydrogen-bond donors (Lipinski definition) is 1. The second-order valence-electron chi connectivity index (χ2n) is 6.00. The number of amides is 1. The van der Waals surface area contributed by atoms with Gasteiger partial charge in [0.1, 0.15) is 5.56 Å². The van der Waals surface area contributed by atoms with E-state index in [4.69, 9.17) is 11.6 Å². The van der Waals surface area contributed by atoms with Crippen LogP contribution in [0.25, 0.3) is 22.2 Å². The van der Waals surface area contributed by atoms with Gasteiger partial charge in [-0.05, 0) is 24.3 Å². The minimum Gasteiger partial charge on any atom is -0.350 e. The van der Waals surface area contributed by atoms with Crippen molar-refractivity contribution in [1.82, 2.24) is 9.55 Å². The highest BCUT2D eigenvalue weighted by Gasteiger charge is 2.16. The maximum atomic E-state index is 12.7. The Morgan fingerprint density at radius 2 is 1.89 bits per heavy atom. The number of carbonyl (C=O) groups excluding carboxylic acids is 1. The molecule has 7 heteroatoms. The predicted octanol–water partition coefficient (Wildman–Crippen LogP) is 4.57. The van der Waals surface area contributed by atoms with Crippen LogP contribution in [0.3, 0.4) is 0 Å². The minimum absolute atomic E-state index is 0.0828. The van der Waals surface area contributed by atoms with Gasteiger partial charge in [0.05, 0.1) is 11.2 Å². The molecule has 0 saturated heterocycles. The van der Waals surface area contributed by atoms with E-state index in [2.05, 4.69) is 10.3 Å². The smallest absolute Gasteiger partial charge is 0.262 e. The summed E-state index contributed by atoms with van der Waals surface area (Å²) < 4.78 is 1.77. The zero-order valence-electron chi connectivity index (χ0n) is 14.3. The second-order valence-corrected chi connectivity index (χ2v) is 7.29. The molecule has 5 nitrogen and oxygen atoms in total. The van der Waals surface area contributed by atoms with Crippen LogP contribution < -0.4 is 10.7 Å². The van der Waals surface area contributed by atoms with Crippen LogP contribution in [-0.4, -0.2) is 15.5 Å². The van der Waals surface area contributed by atoms with Crippen molar-refractivity contribution in [2.75, 3.05) is 5.32 Å². The molecule has 134 valence electrons. The Hall–Kier alpha value is -2.96. The summed E-state index contributed by atoms with van der Waals surface area (Å²) in [7, 11) is 1.81. The van der Waals surface area contributed by atoms with Crippen LogP contribution in [0.1, 0.15) is 10.4 Å². The van der Waals surface area contributed by atoms with Gasteiger partial charge in [0.15, 0.2) is 5.13 Å². The van der Waals surface area contributed by atoms with Crippen molar-refractivity contribution in [3.63, 3.8) is 0 Å². The molecule has 0 aliphatic heterocycles. The molecule has 0 saturated carbocycles. The van der Waals surface area contributed by atoms with Crippen LogP contribution in [0.2, 0.25) is 5.02 Å². The predicted molar refractivity (Wildman–Crippen MR) is 110 cm³/mol. The average Bonchev–Trinajstić information content (AvgIpc) is 3.13. The lowest BCUT2D eigenvalue weighted by Gasteiger charge is -2.08. The lowest BCUT2D eigenvalue weighted by atomic mass is 10.1. The number of para-hydroxylation sites is 1. The molecular formula is C20H14ClN3O2S. The van der Waals surface area contributed by atoms with E-state index >= 15 is 0 Å². The number of nitrogens with zero attached hydrogens (tertiary/aromatic N) is 2. The highest BCUT2D eigenvalue weighted by Crippen LogP contribution is 2.26. The fourth-order valence-electron chi connectivity index (χ4n) is 2.85. The molecular weight excluding hydrogens is 382 g/mol. The van der Waals surface area contributed by atoms with Crippen molar-refractivity contribution in [3.8, 4) is 11.3 Å². The molecule has 2 aromatic heterocycles. The zero-order chi connectivity index (χ0) is 19.0. The van der Waals surface area contributed by atoms with Crippen molar-refractivity contribution >= 4 is 44.9 Å². The lowest BCUT2D eigenvalue weighted by molar-refractivity contribution is 0.102. The van der Waals surface area contributed by atoms with E-state index in [-0.39, 0.29) is 11.0 Å². The SMILES string of the molecule is Cn1cc(C(=O)Nc2nc(-c3ccc(Cl)cc3)cs2)c(=O)c2ccccc21. The van der Waals surface area contributed by atoms with Crippen LogP contribution in [-0.2, 0) is 7.05 Å². The van der Waals surface area contributed by atoms with Crippen LogP contribution in [0.4, 0.5) is 5.13 Å². The Labute approximate surface area is 163 Å². The van der Waals surface area contributed by atoms with Crippen molar-refractivity contribution in [2.24, 2.45) is 7.05 Å². The van der Waals surface area contributed by atoms with Gasteiger partial charge in [-0.2, -0.15) is 0 Å². The number of carbonyl (C=O) groups is 1. The number of nitrogens with one attached hydrogen (secondary N) is 1. The number of rotatable bonds is 3. The number of hydrogen-bond acceptors (Lipinski definition) is 4. The molecule has 4 aromatic rings. The van der Waals surface area contributed by atoms with Gasteiger partial charge in [0.2, 0.25) is 5.43 Å². The molecule has 27 heavy (non-hydrogen) atoms. The van der Waals surface area contributed by atoms with Crippen molar-refractivity contribution < 1.29 is 4.79 Å². The number of pyridine rings is 1. The summed E-state index contributed by atoms with van der Waals surface area (Å²) >= 11 is 7.20.